The lowest BCUT2D eigenvalue weighted by Gasteiger charge is -2.44. The summed E-state index contributed by atoms with van der Waals surface area (Å²) in [5.74, 6) is -0.218. The molecule has 29 heavy (non-hydrogen) atoms. The van der Waals surface area contributed by atoms with Gasteiger partial charge < -0.3 is 30.3 Å². The largest absolute Gasteiger partial charge is 0.465 e. The second-order valence-corrected chi connectivity index (χ2v) is 9.37. The van der Waals surface area contributed by atoms with Crippen molar-refractivity contribution in [3.05, 3.63) is 0 Å². The van der Waals surface area contributed by atoms with Gasteiger partial charge in [0.25, 0.3) is 0 Å². The molecule has 0 bridgehead atoms. The third-order valence-corrected chi connectivity index (χ3v) is 5.82. The monoisotopic (exact) mass is 412 g/mol. The van der Waals surface area contributed by atoms with Gasteiger partial charge in [0.15, 0.2) is 0 Å². The Morgan fingerprint density at radius 1 is 1.21 bits per heavy atom. The fourth-order valence-corrected chi connectivity index (χ4v) is 4.23. The molecule has 1 saturated carbocycles. The lowest BCUT2D eigenvalue weighted by molar-refractivity contribution is -0.132. The third-order valence-electron chi connectivity index (χ3n) is 5.82. The fourth-order valence-electron chi connectivity index (χ4n) is 4.23. The maximum Gasteiger partial charge on any atom is 0.407 e. The summed E-state index contributed by atoms with van der Waals surface area (Å²) < 4.78 is 5.44. The van der Waals surface area contributed by atoms with E-state index in [1.165, 1.54) is 0 Å². The second-order valence-electron chi connectivity index (χ2n) is 9.37. The summed E-state index contributed by atoms with van der Waals surface area (Å²) in [6.45, 7) is 10.2. The number of carbonyl (C=O) groups is 3. The first-order valence-corrected chi connectivity index (χ1v) is 10.4. The van der Waals surface area contributed by atoms with E-state index in [2.05, 4.69) is 36.4 Å². The van der Waals surface area contributed by atoms with Gasteiger partial charge in [0.2, 0.25) is 5.91 Å². The Hall–Kier alpha value is -2.03. The van der Waals surface area contributed by atoms with E-state index < -0.39 is 23.8 Å². The Morgan fingerprint density at radius 2 is 1.86 bits per heavy atom. The number of carbonyl (C=O) groups excluding carboxylic acids is 2. The van der Waals surface area contributed by atoms with Gasteiger partial charge >= 0.3 is 12.2 Å². The van der Waals surface area contributed by atoms with Gasteiger partial charge in [-0.1, -0.05) is 0 Å². The predicted octanol–water partition coefficient (Wildman–Crippen LogP) is 2.01. The van der Waals surface area contributed by atoms with Crippen LogP contribution >= 0.6 is 0 Å². The number of alkyl carbamates (subject to hydrolysis) is 1. The Bertz CT molecular complexity index is 618. The summed E-state index contributed by atoms with van der Waals surface area (Å²) >= 11 is 0. The van der Waals surface area contributed by atoms with E-state index in [1.54, 1.807) is 4.90 Å². The number of likely N-dealkylation sites (tertiary alicyclic amines) is 1. The zero-order chi connectivity index (χ0) is 21.9. The van der Waals surface area contributed by atoms with E-state index in [0.29, 0.717) is 25.4 Å². The quantitative estimate of drug-likeness (QED) is 0.637. The van der Waals surface area contributed by atoms with Crippen molar-refractivity contribution in [3.8, 4) is 0 Å². The second kappa shape index (κ2) is 9.19. The van der Waals surface area contributed by atoms with Crippen LogP contribution in [0.2, 0.25) is 0 Å². The predicted molar refractivity (Wildman–Crippen MR) is 109 cm³/mol. The Morgan fingerprint density at radius 3 is 2.41 bits per heavy atom. The molecule has 1 saturated heterocycles. The van der Waals surface area contributed by atoms with Gasteiger partial charge in [-0.05, 0) is 67.3 Å². The van der Waals surface area contributed by atoms with Crippen LogP contribution in [0.5, 0.6) is 0 Å². The lowest BCUT2D eigenvalue weighted by Crippen LogP contribution is -2.59. The molecule has 0 aromatic rings. The summed E-state index contributed by atoms with van der Waals surface area (Å²) in [6.07, 6.45) is 1.11. The number of carboxylic acid groups (broad SMARTS) is 1. The van der Waals surface area contributed by atoms with Crippen molar-refractivity contribution in [1.29, 1.82) is 0 Å². The molecular weight excluding hydrogens is 376 g/mol. The summed E-state index contributed by atoms with van der Waals surface area (Å²) in [6, 6.07) is -0.483. The molecular formula is C20H36N4O5. The zero-order valence-corrected chi connectivity index (χ0v) is 18.4. The van der Waals surface area contributed by atoms with Crippen LogP contribution in [0.3, 0.4) is 0 Å². The van der Waals surface area contributed by atoms with E-state index in [-0.39, 0.29) is 24.0 Å². The van der Waals surface area contributed by atoms with Crippen molar-refractivity contribution >= 4 is 18.1 Å². The first-order chi connectivity index (χ1) is 13.4. The molecule has 1 aliphatic heterocycles. The number of amides is 3. The Labute approximate surface area is 173 Å². The highest BCUT2D eigenvalue weighted by Gasteiger charge is 2.43. The molecule has 3 N–H and O–H groups in total. The Kier molecular flexibility index (Phi) is 7.37. The van der Waals surface area contributed by atoms with Crippen molar-refractivity contribution in [2.24, 2.45) is 0 Å². The van der Waals surface area contributed by atoms with E-state index in [4.69, 9.17) is 9.84 Å². The SMILES string of the molecule is CC(C)N(C)[C@@H]1CC[C@H](N2CCC(NC(=O)O)C2=O)[C@H](NC(=O)OC(C)(C)C)C1. The molecule has 3 amide bonds. The highest BCUT2D eigenvalue weighted by molar-refractivity contribution is 5.87. The van der Waals surface area contributed by atoms with Crippen LogP contribution in [0.1, 0.15) is 60.3 Å². The maximum atomic E-state index is 12.8. The fraction of sp³-hybridized carbons (Fsp3) is 0.850. The molecule has 0 aromatic carbocycles. The molecule has 1 aliphatic carbocycles. The number of ether oxygens (including phenoxy) is 1. The summed E-state index contributed by atoms with van der Waals surface area (Å²) in [7, 11) is 2.08. The van der Waals surface area contributed by atoms with Crippen LogP contribution in [0.15, 0.2) is 0 Å². The summed E-state index contributed by atoms with van der Waals surface area (Å²) in [5, 5.41) is 14.2. The molecule has 0 radical (unpaired) electrons. The van der Waals surface area contributed by atoms with Crippen molar-refractivity contribution in [2.75, 3.05) is 13.6 Å². The summed E-state index contributed by atoms with van der Waals surface area (Å²) in [5.41, 5.74) is -0.609. The molecule has 0 aromatic heterocycles. The standard InChI is InChI=1S/C20H36N4O5/c1-12(2)23(6)13-7-8-16(15(11-13)22-19(28)29-20(3,4)5)24-10-9-14(17(24)25)21-18(26)27/h12-16,21H,7-11H2,1-6H3,(H,22,28)(H,26,27)/t13-,14?,15-,16+/m1/s1. The van der Waals surface area contributed by atoms with Gasteiger partial charge in [-0.3, -0.25) is 4.79 Å². The molecule has 2 aliphatic rings. The van der Waals surface area contributed by atoms with Crippen LogP contribution in [0.4, 0.5) is 9.59 Å². The lowest BCUT2D eigenvalue weighted by atomic mass is 9.84. The van der Waals surface area contributed by atoms with Gasteiger partial charge in [0, 0.05) is 18.6 Å². The van der Waals surface area contributed by atoms with Crippen LogP contribution in [0.25, 0.3) is 0 Å². The first-order valence-electron chi connectivity index (χ1n) is 10.4. The van der Waals surface area contributed by atoms with Crippen molar-refractivity contribution < 1.29 is 24.2 Å². The number of hydrogen-bond donors (Lipinski definition) is 3. The number of nitrogens with zero attached hydrogens (tertiary/aromatic N) is 2. The zero-order valence-electron chi connectivity index (χ0n) is 18.4. The highest BCUT2D eigenvalue weighted by atomic mass is 16.6. The minimum Gasteiger partial charge on any atom is -0.465 e. The summed E-state index contributed by atoms with van der Waals surface area (Å²) in [4.78, 5) is 40.2. The van der Waals surface area contributed by atoms with Gasteiger partial charge in [-0.25, -0.2) is 9.59 Å². The molecule has 2 fully saturated rings. The first kappa shape index (κ1) is 23.3. The van der Waals surface area contributed by atoms with Gasteiger partial charge in [0.1, 0.15) is 11.6 Å². The Balaban J connectivity index is 2.15. The number of rotatable bonds is 5. The molecule has 9 heteroatoms. The van der Waals surface area contributed by atoms with Crippen molar-refractivity contribution in [2.45, 2.75) is 96.1 Å². The molecule has 166 valence electrons. The molecule has 1 heterocycles. The molecule has 9 nitrogen and oxygen atoms in total. The molecule has 1 unspecified atom stereocenters. The number of hydrogen-bond acceptors (Lipinski definition) is 5. The minimum absolute atomic E-state index is 0.174. The molecule has 2 rings (SSSR count). The van der Waals surface area contributed by atoms with E-state index in [0.717, 1.165) is 12.8 Å². The van der Waals surface area contributed by atoms with Crippen LogP contribution in [-0.4, -0.2) is 82.4 Å². The normalized spacial score (nSPS) is 28.0. The average molecular weight is 413 g/mol. The van der Waals surface area contributed by atoms with Gasteiger partial charge in [-0.2, -0.15) is 0 Å². The van der Waals surface area contributed by atoms with Crippen LogP contribution in [-0.2, 0) is 9.53 Å². The van der Waals surface area contributed by atoms with Crippen molar-refractivity contribution in [3.63, 3.8) is 0 Å². The number of nitrogens with one attached hydrogen (secondary N) is 2. The van der Waals surface area contributed by atoms with E-state index in [1.807, 2.05) is 20.8 Å². The molecule has 0 spiro atoms. The maximum absolute atomic E-state index is 12.8. The van der Waals surface area contributed by atoms with Crippen LogP contribution in [0, 0.1) is 0 Å². The average Bonchev–Trinajstić information content (AvgIpc) is 2.92. The van der Waals surface area contributed by atoms with E-state index >= 15 is 0 Å². The minimum atomic E-state index is -1.20. The molecule has 4 atom stereocenters. The third kappa shape index (κ3) is 6.22. The van der Waals surface area contributed by atoms with Gasteiger partial charge in [-0.15, -0.1) is 0 Å². The van der Waals surface area contributed by atoms with E-state index in [9.17, 15) is 14.4 Å². The highest BCUT2D eigenvalue weighted by Crippen LogP contribution is 2.30. The van der Waals surface area contributed by atoms with Crippen molar-refractivity contribution in [1.82, 2.24) is 20.4 Å². The smallest absolute Gasteiger partial charge is 0.407 e. The van der Waals surface area contributed by atoms with Crippen LogP contribution < -0.4 is 10.6 Å². The topological polar surface area (TPSA) is 111 Å². The van der Waals surface area contributed by atoms with Gasteiger partial charge in [0.05, 0.1) is 12.1 Å².